The van der Waals surface area contributed by atoms with Crippen LogP contribution in [0, 0.1) is 13.8 Å². The third-order valence-corrected chi connectivity index (χ3v) is 6.14. The molecule has 1 aliphatic heterocycles. The van der Waals surface area contributed by atoms with Gasteiger partial charge >= 0.3 is 0 Å². The summed E-state index contributed by atoms with van der Waals surface area (Å²) >= 11 is 0. The van der Waals surface area contributed by atoms with Crippen LogP contribution in [0.4, 0.5) is 0 Å². The van der Waals surface area contributed by atoms with Gasteiger partial charge in [0.05, 0.1) is 12.1 Å². The SMILES string of the molecule is Cc1cc2c(c(-c3ccc4nc(C)ccc4c3)c1)O[C@H](CNC(=O)c1cc3ncccn3n1)C2. The van der Waals surface area contributed by atoms with Crippen molar-refractivity contribution in [2.24, 2.45) is 0 Å². The summed E-state index contributed by atoms with van der Waals surface area (Å²) in [6.07, 6.45) is 4.05. The number of carbonyl (C=O) groups is 1. The molecule has 0 unspecified atom stereocenters. The van der Waals surface area contributed by atoms with E-state index in [-0.39, 0.29) is 12.0 Å². The van der Waals surface area contributed by atoms with Gasteiger partial charge in [-0.15, -0.1) is 0 Å². The number of pyridine rings is 1. The van der Waals surface area contributed by atoms with Gasteiger partial charge in [0.25, 0.3) is 5.91 Å². The lowest BCUT2D eigenvalue weighted by atomic mass is 9.97. The van der Waals surface area contributed by atoms with Crippen LogP contribution in [-0.4, -0.2) is 38.1 Å². The van der Waals surface area contributed by atoms with Crippen molar-refractivity contribution in [2.45, 2.75) is 26.4 Å². The standard InChI is InChI=1S/C27H23N5O2/c1-16-10-20-13-21(15-29-27(33)24-14-25-28-8-3-9-32(25)31-24)34-26(20)22(11-16)18-6-7-23-19(12-18)5-4-17(2)30-23/h3-12,14,21H,13,15H2,1-2H3,(H,29,33)/t21-/m0/s1. The average molecular weight is 450 g/mol. The fourth-order valence-corrected chi connectivity index (χ4v) is 4.55. The molecule has 0 bridgehead atoms. The van der Waals surface area contributed by atoms with E-state index in [1.807, 2.05) is 13.0 Å². The molecule has 5 aromatic rings. The highest BCUT2D eigenvalue weighted by Gasteiger charge is 2.27. The highest BCUT2D eigenvalue weighted by atomic mass is 16.5. The van der Waals surface area contributed by atoms with Gasteiger partial charge in [-0.1, -0.05) is 18.2 Å². The van der Waals surface area contributed by atoms with Gasteiger partial charge in [0.1, 0.15) is 11.9 Å². The van der Waals surface area contributed by atoms with Gasteiger partial charge in [0, 0.05) is 41.5 Å². The Kier molecular flexibility index (Phi) is 4.76. The highest BCUT2D eigenvalue weighted by Crippen LogP contribution is 2.40. The number of aryl methyl sites for hydroxylation is 2. The maximum absolute atomic E-state index is 12.7. The number of fused-ring (bicyclic) bond motifs is 3. The number of hydrogen-bond donors (Lipinski definition) is 1. The molecular formula is C27H23N5O2. The van der Waals surface area contributed by atoms with Crippen LogP contribution < -0.4 is 10.1 Å². The Bertz CT molecular complexity index is 1540. The molecule has 0 spiro atoms. The summed E-state index contributed by atoms with van der Waals surface area (Å²) in [5.41, 5.74) is 7.47. The normalized spacial score (nSPS) is 14.8. The predicted octanol–water partition coefficient (Wildman–Crippen LogP) is 4.29. The van der Waals surface area contributed by atoms with Gasteiger partial charge in [-0.05, 0) is 60.9 Å². The van der Waals surface area contributed by atoms with Crippen molar-refractivity contribution in [3.63, 3.8) is 0 Å². The lowest BCUT2D eigenvalue weighted by molar-refractivity contribution is 0.0928. The first-order valence-corrected chi connectivity index (χ1v) is 11.3. The Morgan fingerprint density at radius 1 is 1.15 bits per heavy atom. The molecule has 0 saturated heterocycles. The lowest BCUT2D eigenvalue weighted by Gasteiger charge is -2.14. The van der Waals surface area contributed by atoms with Crippen LogP contribution in [0.2, 0.25) is 0 Å². The van der Waals surface area contributed by atoms with Crippen molar-refractivity contribution in [1.82, 2.24) is 24.9 Å². The Morgan fingerprint density at radius 3 is 2.94 bits per heavy atom. The van der Waals surface area contributed by atoms with E-state index < -0.39 is 0 Å². The van der Waals surface area contributed by atoms with E-state index in [0.717, 1.165) is 45.5 Å². The Hall–Kier alpha value is -4.26. The summed E-state index contributed by atoms with van der Waals surface area (Å²) < 4.78 is 7.95. The predicted molar refractivity (Wildman–Crippen MR) is 130 cm³/mol. The summed E-state index contributed by atoms with van der Waals surface area (Å²) in [5, 5.41) is 8.35. The second-order valence-corrected chi connectivity index (χ2v) is 8.77. The summed E-state index contributed by atoms with van der Waals surface area (Å²) in [4.78, 5) is 21.5. The number of benzene rings is 2. The van der Waals surface area contributed by atoms with Crippen LogP contribution in [0.25, 0.3) is 27.7 Å². The molecule has 0 aliphatic carbocycles. The number of ether oxygens (including phenoxy) is 1. The van der Waals surface area contributed by atoms with Crippen molar-refractivity contribution in [3.05, 3.63) is 89.5 Å². The van der Waals surface area contributed by atoms with E-state index in [1.165, 1.54) is 5.56 Å². The average Bonchev–Trinajstić information content (AvgIpc) is 3.45. The minimum Gasteiger partial charge on any atom is -0.487 e. The largest absolute Gasteiger partial charge is 0.487 e. The molecule has 0 radical (unpaired) electrons. The van der Waals surface area contributed by atoms with Crippen LogP contribution >= 0.6 is 0 Å². The van der Waals surface area contributed by atoms with Gasteiger partial charge in [-0.2, -0.15) is 5.10 Å². The molecule has 2 aromatic carbocycles. The van der Waals surface area contributed by atoms with Gasteiger partial charge < -0.3 is 10.1 Å². The number of aromatic nitrogens is 4. The van der Waals surface area contributed by atoms with E-state index in [4.69, 9.17) is 4.74 Å². The summed E-state index contributed by atoms with van der Waals surface area (Å²) in [5.74, 6) is 0.653. The van der Waals surface area contributed by atoms with E-state index in [0.29, 0.717) is 17.9 Å². The fourth-order valence-electron chi connectivity index (χ4n) is 4.55. The quantitative estimate of drug-likeness (QED) is 0.443. The Balaban J connectivity index is 1.22. The Labute approximate surface area is 196 Å². The zero-order valence-electron chi connectivity index (χ0n) is 18.9. The molecule has 1 atom stereocenters. The van der Waals surface area contributed by atoms with Gasteiger partial charge in [0.2, 0.25) is 0 Å². The first kappa shape index (κ1) is 20.4. The van der Waals surface area contributed by atoms with Gasteiger partial charge in [-0.25, -0.2) is 9.50 Å². The minimum absolute atomic E-state index is 0.139. The van der Waals surface area contributed by atoms with E-state index in [1.54, 1.807) is 29.0 Å². The van der Waals surface area contributed by atoms with Crippen molar-refractivity contribution in [1.29, 1.82) is 0 Å². The minimum atomic E-state index is -0.237. The molecule has 4 heterocycles. The fraction of sp³-hybridized carbons (Fsp3) is 0.185. The van der Waals surface area contributed by atoms with Gasteiger partial charge in [0.15, 0.2) is 11.3 Å². The van der Waals surface area contributed by atoms with Crippen molar-refractivity contribution in [3.8, 4) is 16.9 Å². The smallest absolute Gasteiger partial charge is 0.272 e. The second-order valence-electron chi connectivity index (χ2n) is 8.77. The number of carbonyl (C=O) groups excluding carboxylic acids is 1. The molecule has 1 aliphatic rings. The first-order chi connectivity index (χ1) is 16.5. The van der Waals surface area contributed by atoms with Crippen LogP contribution in [0.5, 0.6) is 5.75 Å². The molecule has 1 amide bonds. The van der Waals surface area contributed by atoms with E-state index >= 15 is 0 Å². The zero-order chi connectivity index (χ0) is 23.2. The molecule has 0 saturated carbocycles. The van der Waals surface area contributed by atoms with E-state index in [9.17, 15) is 4.79 Å². The Morgan fingerprint density at radius 2 is 2.06 bits per heavy atom. The maximum Gasteiger partial charge on any atom is 0.272 e. The molecule has 168 valence electrons. The van der Waals surface area contributed by atoms with E-state index in [2.05, 4.69) is 63.7 Å². The number of nitrogens with one attached hydrogen (secondary N) is 1. The van der Waals surface area contributed by atoms with Crippen LogP contribution in [0.3, 0.4) is 0 Å². The van der Waals surface area contributed by atoms with Crippen LogP contribution in [0.1, 0.15) is 27.3 Å². The van der Waals surface area contributed by atoms with Crippen molar-refractivity contribution in [2.75, 3.05) is 6.54 Å². The summed E-state index contributed by atoms with van der Waals surface area (Å²) in [7, 11) is 0. The highest BCUT2D eigenvalue weighted by molar-refractivity contribution is 5.93. The molecule has 0 fully saturated rings. The first-order valence-electron chi connectivity index (χ1n) is 11.3. The third kappa shape index (κ3) is 3.65. The topological polar surface area (TPSA) is 81.4 Å². The number of rotatable bonds is 4. The maximum atomic E-state index is 12.7. The van der Waals surface area contributed by atoms with Crippen LogP contribution in [-0.2, 0) is 6.42 Å². The van der Waals surface area contributed by atoms with Crippen molar-refractivity contribution < 1.29 is 9.53 Å². The number of hydrogen-bond acceptors (Lipinski definition) is 5. The monoisotopic (exact) mass is 449 g/mol. The lowest BCUT2D eigenvalue weighted by Crippen LogP contribution is -2.34. The van der Waals surface area contributed by atoms with Crippen molar-refractivity contribution >= 4 is 22.5 Å². The molecule has 1 N–H and O–H groups in total. The molecule has 6 rings (SSSR count). The molecular weight excluding hydrogens is 426 g/mol. The molecule has 7 nitrogen and oxygen atoms in total. The summed E-state index contributed by atoms with van der Waals surface area (Å²) in [6.45, 7) is 4.50. The zero-order valence-corrected chi connectivity index (χ0v) is 18.9. The third-order valence-electron chi connectivity index (χ3n) is 6.14. The second kappa shape index (κ2) is 7.95. The molecule has 3 aromatic heterocycles. The van der Waals surface area contributed by atoms with Crippen LogP contribution in [0.15, 0.2) is 67.0 Å². The number of nitrogens with zero attached hydrogens (tertiary/aromatic N) is 4. The van der Waals surface area contributed by atoms with Gasteiger partial charge in [-0.3, -0.25) is 9.78 Å². The molecule has 34 heavy (non-hydrogen) atoms. The molecule has 7 heteroatoms. The number of amides is 1. The summed E-state index contributed by atoms with van der Waals surface area (Å²) in [6, 6.07) is 18.2.